The van der Waals surface area contributed by atoms with Gasteiger partial charge in [0.2, 0.25) is 0 Å². The van der Waals surface area contributed by atoms with Crippen molar-refractivity contribution >= 4 is 24.5 Å². The molecule has 4 heteroatoms. The average Bonchev–Trinajstić information content (AvgIpc) is 2.59. The van der Waals surface area contributed by atoms with Crippen LogP contribution in [0.4, 0.5) is 0 Å². The van der Waals surface area contributed by atoms with Gasteiger partial charge in [-0.1, -0.05) is 0 Å². The van der Waals surface area contributed by atoms with Gasteiger partial charge in [0.25, 0.3) is 0 Å². The van der Waals surface area contributed by atoms with E-state index < -0.39 is 24.4 Å². The van der Waals surface area contributed by atoms with Gasteiger partial charge in [-0.2, -0.15) is 0 Å². The predicted molar refractivity (Wildman–Crippen MR) is 112 cm³/mol. The zero-order valence-corrected chi connectivity index (χ0v) is 19.6. The van der Waals surface area contributed by atoms with Gasteiger partial charge in [-0.05, 0) is 0 Å². The van der Waals surface area contributed by atoms with Crippen LogP contribution in [0.25, 0.3) is 0 Å². The van der Waals surface area contributed by atoms with E-state index in [0.29, 0.717) is 0 Å². The molecule has 0 aliphatic carbocycles. The van der Waals surface area contributed by atoms with Crippen LogP contribution in [0.1, 0.15) is 41.5 Å². The summed E-state index contributed by atoms with van der Waals surface area (Å²) in [4.78, 5) is 0. The fraction of sp³-hybridized carbons (Fsp3) is 0.667. The molecule has 0 N–H and O–H groups in total. The van der Waals surface area contributed by atoms with E-state index in [0.717, 1.165) is 0 Å². The Morgan fingerprint density at radius 1 is 0.682 bits per heavy atom. The molecule has 22 heavy (non-hydrogen) atoms. The summed E-state index contributed by atoms with van der Waals surface area (Å²) in [5, 5.41) is 0. The zero-order valence-electron chi connectivity index (χ0n) is 15.3. The first kappa shape index (κ1) is 21.1. The summed E-state index contributed by atoms with van der Waals surface area (Å²) < 4.78 is 1.59. The standard InChI is InChI=1S/2C6H15P.C6H5.ClH.Pd/c2*1-4-7(5-2)6-3;1-2-4-6-5-3-1;;/h2*4-6H2,1-3H3;1-5H;1H;/q;;;;-1/p+1. The Bertz CT molecular complexity index is 405. The van der Waals surface area contributed by atoms with Crippen LogP contribution < -0.4 is 4.04 Å². The summed E-state index contributed by atoms with van der Waals surface area (Å²) >= 11 is -2.09. The number of benzene rings is 1. The fourth-order valence-corrected chi connectivity index (χ4v) is 70.9. The maximum atomic E-state index is 7.98. The number of halogens is 1. The number of hydrogen-bond donors (Lipinski definition) is 0. The Kier molecular flexibility index (Phi) is 8.56. The van der Waals surface area contributed by atoms with E-state index >= 15 is 0 Å². The molecular formula is C18H37ClP2Pd. The molecular weight excluding hydrogens is 420 g/mol. The Morgan fingerprint density at radius 2 is 1.00 bits per heavy atom. The van der Waals surface area contributed by atoms with E-state index in [1.165, 1.54) is 37.0 Å². The minimum absolute atomic E-state index is 1.37. The molecule has 0 nitrogen and oxygen atoms in total. The first-order valence-electron chi connectivity index (χ1n) is 8.87. The van der Waals surface area contributed by atoms with Gasteiger partial charge in [-0.25, -0.2) is 0 Å². The van der Waals surface area contributed by atoms with Gasteiger partial charge in [0.1, 0.15) is 0 Å². The van der Waals surface area contributed by atoms with Crippen LogP contribution >= 0.6 is 20.4 Å². The van der Waals surface area contributed by atoms with E-state index in [9.17, 15) is 0 Å². The van der Waals surface area contributed by atoms with Crippen LogP contribution in [0.15, 0.2) is 30.3 Å². The summed E-state index contributed by atoms with van der Waals surface area (Å²) in [6.07, 6.45) is 8.19. The molecule has 0 amide bonds. The molecule has 0 fully saturated rings. The van der Waals surface area contributed by atoms with Crippen molar-refractivity contribution in [3.8, 4) is 0 Å². The second kappa shape index (κ2) is 8.93. The summed E-state index contributed by atoms with van der Waals surface area (Å²) in [6.45, 7) is 14.6. The van der Waals surface area contributed by atoms with Crippen molar-refractivity contribution in [1.29, 1.82) is 0 Å². The summed E-state index contributed by atoms with van der Waals surface area (Å²) in [5.74, 6) is 0. The topological polar surface area (TPSA) is 0 Å². The zero-order chi connectivity index (χ0) is 16.9. The van der Waals surface area contributed by atoms with Crippen molar-refractivity contribution in [3.05, 3.63) is 30.3 Å². The first-order chi connectivity index (χ1) is 10.5. The number of rotatable bonds is 9. The quantitative estimate of drug-likeness (QED) is 0.312. The van der Waals surface area contributed by atoms with E-state index in [1.807, 2.05) is 0 Å². The Morgan fingerprint density at radius 3 is 1.27 bits per heavy atom. The third kappa shape index (κ3) is 3.24. The molecule has 0 unspecified atom stereocenters. The molecule has 1 aromatic rings. The molecule has 0 atom stereocenters. The summed E-state index contributed by atoms with van der Waals surface area (Å²) in [7, 11) is 7.98. The van der Waals surface area contributed by atoms with Gasteiger partial charge < -0.3 is 0 Å². The van der Waals surface area contributed by atoms with Gasteiger partial charge in [0.15, 0.2) is 0 Å². The Hall–Kier alpha value is 1.03. The van der Waals surface area contributed by atoms with Crippen molar-refractivity contribution in [1.82, 2.24) is 0 Å². The van der Waals surface area contributed by atoms with Crippen LogP contribution in [-0.2, 0) is 13.5 Å². The monoisotopic (exact) mass is 456 g/mol. The Labute approximate surface area is 146 Å². The van der Waals surface area contributed by atoms with Gasteiger partial charge in [-0.15, -0.1) is 0 Å². The first-order valence-corrected chi connectivity index (χ1v) is 21.2. The van der Waals surface area contributed by atoms with E-state index in [1.54, 1.807) is 4.04 Å². The van der Waals surface area contributed by atoms with Crippen molar-refractivity contribution in [2.75, 3.05) is 37.0 Å². The molecule has 0 spiro atoms. The molecule has 0 bridgehead atoms. The third-order valence-electron chi connectivity index (χ3n) is 5.56. The van der Waals surface area contributed by atoms with Crippen LogP contribution in [0, 0.1) is 0 Å². The fourth-order valence-electron chi connectivity index (χ4n) is 3.72. The summed E-state index contributed by atoms with van der Waals surface area (Å²) in [6, 6.07) is 11.4. The predicted octanol–water partition coefficient (Wildman–Crippen LogP) is 6.07. The summed E-state index contributed by atoms with van der Waals surface area (Å²) in [5.41, 5.74) is -2.87. The van der Waals surface area contributed by atoms with Crippen LogP contribution in [0.5, 0.6) is 0 Å². The van der Waals surface area contributed by atoms with Crippen molar-refractivity contribution in [2.24, 2.45) is 0 Å². The van der Waals surface area contributed by atoms with Crippen LogP contribution in [-0.4, -0.2) is 37.0 Å². The van der Waals surface area contributed by atoms with Gasteiger partial charge in [0, 0.05) is 0 Å². The second-order valence-corrected chi connectivity index (χ2v) is 39.4. The number of hydrogen-bond acceptors (Lipinski definition) is 0. The normalized spacial score (nSPS) is 18.5. The Balaban J connectivity index is 3.72. The van der Waals surface area contributed by atoms with Gasteiger partial charge in [-0.3, -0.25) is 0 Å². The molecule has 0 radical (unpaired) electrons. The molecule has 1 aromatic carbocycles. The molecule has 1 rings (SSSR count). The van der Waals surface area contributed by atoms with E-state index in [-0.39, 0.29) is 0 Å². The maximum absolute atomic E-state index is 7.98. The minimum atomic E-state index is -2.09. The van der Waals surface area contributed by atoms with Gasteiger partial charge >= 0.3 is 147 Å². The second-order valence-electron chi connectivity index (χ2n) is 5.97. The SMILES string of the molecule is CC[PH](CC)(CC)[Pd]([Cl])([c]1ccccc1)[PH](CC)(CC)CC. The van der Waals surface area contributed by atoms with Crippen LogP contribution in [0.3, 0.4) is 0 Å². The average molecular weight is 457 g/mol. The van der Waals surface area contributed by atoms with Crippen molar-refractivity contribution in [3.63, 3.8) is 0 Å². The molecule has 0 aliphatic heterocycles. The third-order valence-corrected chi connectivity index (χ3v) is 63.9. The molecule has 0 saturated carbocycles. The molecule has 0 saturated heterocycles. The molecule has 0 aromatic heterocycles. The van der Waals surface area contributed by atoms with E-state index in [2.05, 4.69) is 71.9 Å². The van der Waals surface area contributed by atoms with E-state index in [4.69, 9.17) is 9.53 Å². The molecule has 0 heterocycles. The van der Waals surface area contributed by atoms with Crippen molar-refractivity contribution in [2.45, 2.75) is 41.5 Å². The molecule has 0 aliphatic rings. The molecule has 136 valence electrons. The van der Waals surface area contributed by atoms with Crippen LogP contribution in [0.2, 0.25) is 0 Å². The van der Waals surface area contributed by atoms with Crippen molar-refractivity contribution < 1.29 is 13.5 Å². The van der Waals surface area contributed by atoms with Gasteiger partial charge in [0.05, 0.1) is 0 Å².